The first-order chi connectivity index (χ1) is 23.8. The first-order valence-electron chi connectivity index (χ1n) is 15.5. The summed E-state index contributed by atoms with van der Waals surface area (Å²) >= 11 is 2.45. The summed E-state index contributed by atoms with van der Waals surface area (Å²) in [5.74, 6) is -4.25. The van der Waals surface area contributed by atoms with Crippen molar-refractivity contribution in [3.8, 4) is 0 Å². The number of aromatic carboxylic acids is 1. The molecule has 51 heavy (non-hydrogen) atoms. The second-order valence-electron chi connectivity index (χ2n) is 12.3. The molecule has 20 heteroatoms. The summed E-state index contributed by atoms with van der Waals surface area (Å²) in [4.78, 5) is 75.2. The van der Waals surface area contributed by atoms with Gasteiger partial charge in [0.1, 0.15) is 47.8 Å². The minimum atomic E-state index is -1.38. The van der Waals surface area contributed by atoms with E-state index in [1.54, 1.807) is 17.6 Å². The number of halogens is 2. The lowest BCUT2D eigenvalue weighted by Gasteiger charge is -2.50. The SMILES string of the molecule is CCn1cc(C(=O)O)c(=O)c2cc(F)c(N3CC[N+](C)(CC4=C(C(=O)O)N5C(=O)[C@@H](NC(=O)/C(=N\OC)c6csc(N)n6)[C@H]5SC4)CC3)cc21.[I-]. The van der Waals surface area contributed by atoms with Gasteiger partial charge in [0, 0.05) is 34.8 Å². The summed E-state index contributed by atoms with van der Waals surface area (Å²) in [5.41, 5.74) is 5.69. The monoisotopic (exact) mass is 856 g/mol. The molecular formula is C31H34FIN8O8S2. The van der Waals surface area contributed by atoms with Crippen molar-refractivity contribution >= 4 is 74.3 Å². The van der Waals surface area contributed by atoms with Crippen LogP contribution in [0.2, 0.25) is 0 Å². The Morgan fingerprint density at radius 2 is 1.90 bits per heavy atom. The average molecular weight is 857 g/mol. The Kier molecular flexibility index (Phi) is 11.0. The maximum atomic E-state index is 15.5. The highest BCUT2D eigenvalue weighted by molar-refractivity contribution is 8.00. The largest absolute Gasteiger partial charge is 1.00 e. The standard InChI is InChI=1S/C31H33FN8O8S2.HI/c1-4-37-11-17(29(44)45)25(41)16-9-18(32)21(10-20(16)37)38-5-7-40(2,8-6-38)12-15-13-49-28-23(27(43)39(28)24(15)30(46)47)35-26(42)22(36-48-3)19-14-50-31(33)34-19;/h9-11,14,23,28H,4-8,12-13H2,1-3H3,(H4-,33,34,35,42,44,45,46,47);1H/b36-22-;/t23-,28-;/m1./s1. The number of quaternary nitrogens is 1. The number of hydrogen-bond acceptors (Lipinski definition) is 12. The molecule has 2 amide bonds. The maximum Gasteiger partial charge on any atom is 0.352 e. The van der Waals surface area contributed by atoms with Gasteiger partial charge in [-0.1, -0.05) is 5.16 Å². The number of carbonyl (C=O) groups excluding carboxylic acids is 2. The summed E-state index contributed by atoms with van der Waals surface area (Å²) < 4.78 is 17.5. The third-order valence-corrected chi connectivity index (χ3v) is 11.2. The molecule has 6 rings (SSSR count). The lowest BCUT2D eigenvalue weighted by Crippen LogP contribution is -3.00. The van der Waals surface area contributed by atoms with Gasteiger partial charge in [-0.3, -0.25) is 19.3 Å². The number of β-lactam (4-membered cyclic amide) rings is 1. The molecule has 0 radical (unpaired) electrons. The van der Waals surface area contributed by atoms with Gasteiger partial charge in [0.15, 0.2) is 10.8 Å². The van der Waals surface area contributed by atoms with Gasteiger partial charge >= 0.3 is 11.9 Å². The van der Waals surface area contributed by atoms with Crippen LogP contribution in [0.15, 0.2) is 44.9 Å². The number of anilines is 2. The number of nitrogens with two attached hydrogens (primary N) is 1. The number of carboxylic acid groups (broad SMARTS) is 2. The molecule has 3 aliphatic heterocycles. The van der Waals surface area contributed by atoms with Crippen LogP contribution >= 0.6 is 23.1 Å². The number of nitrogen functional groups attached to an aromatic ring is 1. The Hall–Kier alpha value is -4.28. The predicted octanol–water partition coefficient (Wildman–Crippen LogP) is -2.04. The number of rotatable bonds is 10. The number of amides is 2. The number of aromatic nitrogens is 2. The zero-order chi connectivity index (χ0) is 36.1. The normalized spacial score (nSPS) is 20.0. The van der Waals surface area contributed by atoms with Gasteiger partial charge in [-0.05, 0) is 19.1 Å². The molecular weight excluding hydrogens is 822 g/mol. The van der Waals surface area contributed by atoms with E-state index in [4.69, 9.17) is 10.6 Å². The van der Waals surface area contributed by atoms with Crippen molar-refractivity contribution in [2.24, 2.45) is 5.16 Å². The fraction of sp³-hybridized carbons (Fsp3) is 0.387. The van der Waals surface area contributed by atoms with Gasteiger partial charge in [0.2, 0.25) is 5.43 Å². The van der Waals surface area contributed by atoms with Crippen LogP contribution < -0.4 is 45.4 Å². The van der Waals surface area contributed by atoms with Crippen LogP contribution in [-0.2, 0) is 25.8 Å². The van der Waals surface area contributed by atoms with Crippen LogP contribution in [-0.4, -0.2) is 123 Å². The number of aliphatic carboxylic acids is 1. The highest BCUT2D eigenvalue weighted by Crippen LogP contribution is 2.41. The number of oxime groups is 1. The average Bonchev–Trinajstić information content (AvgIpc) is 3.51. The van der Waals surface area contributed by atoms with Crippen LogP contribution in [0, 0.1) is 5.82 Å². The molecule has 0 spiro atoms. The Morgan fingerprint density at radius 1 is 1.20 bits per heavy atom. The molecule has 0 aliphatic carbocycles. The minimum absolute atomic E-state index is 0. The van der Waals surface area contributed by atoms with E-state index in [1.807, 2.05) is 11.9 Å². The van der Waals surface area contributed by atoms with Gasteiger partial charge in [0.05, 0.1) is 44.4 Å². The smallest absolute Gasteiger partial charge is 0.352 e. The van der Waals surface area contributed by atoms with Gasteiger partial charge in [-0.15, -0.1) is 23.1 Å². The van der Waals surface area contributed by atoms with Crippen molar-refractivity contribution in [3.63, 3.8) is 0 Å². The van der Waals surface area contributed by atoms with Gasteiger partial charge in [0.25, 0.3) is 11.8 Å². The Bertz CT molecular complexity index is 2060. The number of pyridine rings is 1. The second-order valence-corrected chi connectivity index (χ2v) is 14.3. The highest BCUT2D eigenvalue weighted by atomic mass is 127. The summed E-state index contributed by atoms with van der Waals surface area (Å²) in [6.07, 6.45) is 1.27. The molecule has 272 valence electrons. The Labute approximate surface area is 315 Å². The highest BCUT2D eigenvalue weighted by Gasteiger charge is 2.55. The number of thiazole rings is 1. The first-order valence-corrected chi connectivity index (χ1v) is 17.4. The van der Waals surface area contributed by atoms with Crippen molar-refractivity contribution in [1.29, 1.82) is 0 Å². The number of aryl methyl sites for hydroxylation is 1. The van der Waals surface area contributed by atoms with Crippen molar-refractivity contribution < 1.29 is 67.1 Å². The summed E-state index contributed by atoms with van der Waals surface area (Å²) in [6, 6.07) is 1.67. The zero-order valence-corrected chi connectivity index (χ0v) is 31.4. The second kappa shape index (κ2) is 14.8. The number of nitrogens with zero attached hydrogens (tertiary/aromatic N) is 6. The number of carbonyl (C=O) groups is 4. The molecule has 2 fully saturated rings. The maximum absolute atomic E-state index is 15.5. The van der Waals surface area contributed by atoms with E-state index in [0.29, 0.717) is 60.6 Å². The lowest BCUT2D eigenvalue weighted by atomic mass is 10.0. The third kappa shape index (κ3) is 7.00. The number of hydrogen-bond donors (Lipinski definition) is 4. The fourth-order valence-corrected chi connectivity index (χ4v) is 8.45. The van der Waals surface area contributed by atoms with Crippen LogP contribution in [0.5, 0.6) is 0 Å². The molecule has 5 heterocycles. The van der Waals surface area contributed by atoms with Crippen molar-refractivity contribution in [3.05, 3.63) is 62.3 Å². The van der Waals surface area contributed by atoms with Gasteiger partial charge < -0.3 is 64.0 Å². The number of carboxylic acids is 2. The van der Waals surface area contributed by atoms with Crippen LogP contribution in [0.4, 0.5) is 15.2 Å². The molecule has 0 bridgehead atoms. The quantitative estimate of drug-likeness (QED) is 0.0572. The van der Waals surface area contributed by atoms with Crippen LogP contribution in [0.25, 0.3) is 10.9 Å². The van der Waals surface area contributed by atoms with Crippen LogP contribution in [0.3, 0.4) is 0 Å². The number of nitrogens with one attached hydrogen (secondary N) is 1. The third-order valence-electron chi connectivity index (χ3n) is 9.15. The van der Waals surface area contributed by atoms with Crippen molar-refractivity contribution in [2.75, 3.05) is 63.3 Å². The minimum Gasteiger partial charge on any atom is -1.00 e. The van der Waals surface area contributed by atoms with E-state index in [1.165, 1.54) is 35.3 Å². The number of likely N-dealkylation sites (N-methyl/N-ethyl adjacent to an activating group) is 1. The molecule has 16 nitrogen and oxygen atoms in total. The van der Waals surface area contributed by atoms with Crippen molar-refractivity contribution in [2.45, 2.75) is 24.9 Å². The molecule has 2 aromatic heterocycles. The van der Waals surface area contributed by atoms with Crippen molar-refractivity contribution in [1.82, 2.24) is 19.8 Å². The van der Waals surface area contributed by atoms with Crippen LogP contribution in [0.1, 0.15) is 23.0 Å². The number of fused-ring (bicyclic) bond motifs is 2. The number of piperazine rings is 1. The Balaban J connectivity index is 0.00000504. The number of benzene rings is 1. The fourth-order valence-electron chi connectivity index (χ4n) is 6.57. The van der Waals surface area contributed by atoms with E-state index in [9.17, 15) is 34.2 Å². The Morgan fingerprint density at radius 3 is 2.49 bits per heavy atom. The van der Waals surface area contributed by atoms with E-state index in [2.05, 4.69) is 15.5 Å². The zero-order valence-electron chi connectivity index (χ0n) is 27.6. The van der Waals surface area contributed by atoms with E-state index in [0.717, 1.165) is 17.4 Å². The molecule has 2 saturated heterocycles. The molecule has 3 aromatic rings. The number of thioether (sulfide) groups is 1. The summed E-state index contributed by atoms with van der Waals surface area (Å²) in [6.45, 7) is 4.38. The topological polar surface area (TPSA) is 210 Å². The molecule has 0 saturated carbocycles. The molecule has 2 atom stereocenters. The lowest BCUT2D eigenvalue weighted by molar-refractivity contribution is -0.905. The van der Waals surface area contributed by atoms with E-state index < -0.39 is 52.0 Å². The summed E-state index contributed by atoms with van der Waals surface area (Å²) in [7, 11) is 3.24. The predicted molar refractivity (Wildman–Crippen MR) is 184 cm³/mol. The van der Waals surface area contributed by atoms with Gasteiger partial charge in [-0.25, -0.2) is 19.0 Å². The first kappa shape index (κ1) is 38.0. The van der Waals surface area contributed by atoms with E-state index >= 15 is 4.39 Å². The molecule has 5 N–H and O–H groups in total. The molecule has 1 aromatic carbocycles. The molecule has 0 unspecified atom stereocenters. The van der Waals surface area contributed by atoms with E-state index in [-0.39, 0.29) is 57.3 Å². The molecule has 3 aliphatic rings. The van der Waals surface area contributed by atoms with Gasteiger partial charge in [-0.2, -0.15) is 0 Å². The summed E-state index contributed by atoms with van der Waals surface area (Å²) in [5, 5.41) is 27.1.